The van der Waals surface area contributed by atoms with E-state index < -0.39 is 0 Å². The molecule has 0 bridgehead atoms. The van der Waals surface area contributed by atoms with Gasteiger partial charge in [0.2, 0.25) is 17.7 Å². The Hall–Kier alpha value is -2.43. The maximum Gasteiger partial charge on any atom is 0.244 e. The molecule has 0 unspecified atom stereocenters. The normalized spacial score (nSPS) is 23.6. The van der Waals surface area contributed by atoms with Gasteiger partial charge in [0.1, 0.15) is 6.54 Å². The van der Waals surface area contributed by atoms with Crippen molar-refractivity contribution >= 4 is 23.4 Å². The molecule has 0 saturated carbocycles. The van der Waals surface area contributed by atoms with E-state index >= 15 is 0 Å². The molecule has 1 aliphatic carbocycles. The average molecular weight is 298 g/mol. The Morgan fingerprint density at radius 3 is 2.41 bits per heavy atom. The van der Waals surface area contributed by atoms with Crippen LogP contribution in [-0.4, -0.2) is 29.2 Å². The molecule has 3 amide bonds. The number of hydrogen-bond donors (Lipinski definition) is 1. The van der Waals surface area contributed by atoms with Gasteiger partial charge in [-0.15, -0.1) is 0 Å². The van der Waals surface area contributed by atoms with Gasteiger partial charge in [0.25, 0.3) is 0 Å². The predicted molar refractivity (Wildman–Crippen MR) is 81.9 cm³/mol. The van der Waals surface area contributed by atoms with Gasteiger partial charge < -0.3 is 5.32 Å². The van der Waals surface area contributed by atoms with E-state index in [0.29, 0.717) is 18.5 Å². The summed E-state index contributed by atoms with van der Waals surface area (Å²) < 4.78 is 0. The van der Waals surface area contributed by atoms with Crippen molar-refractivity contribution in [1.29, 1.82) is 0 Å². The summed E-state index contributed by atoms with van der Waals surface area (Å²) in [6.07, 6.45) is 5.04. The van der Waals surface area contributed by atoms with Crippen LogP contribution in [-0.2, 0) is 14.4 Å². The number of amides is 3. The molecular weight excluding hydrogens is 280 g/mol. The van der Waals surface area contributed by atoms with Crippen molar-refractivity contribution in [2.45, 2.75) is 19.8 Å². The minimum absolute atomic E-state index is 0.210. The maximum atomic E-state index is 12.3. The quantitative estimate of drug-likeness (QED) is 0.684. The molecule has 5 nitrogen and oxygen atoms in total. The number of carbonyl (C=O) groups is 3. The summed E-state index contributed by atoms with van der Waals surface area (Å²) in [6, 6.07) is 7.40. The van der Waals surface area contributed by atoms with Crippen LogP contribution in [0.1, 0.15) is 18.4 Å². The van der Waals surface area contributed by atoms with Gasteiger partial charge in [-0.1, -0.05) is 24.3 Å². The third kappa shape index (κ3) is 2.66. The van der Waals surface area contributed by atoms with E-state index in [1.165, 1.54) is 0 Å². The molecule has 5 heteroatoms. The van der Waals surface area contributed by atoms with E-state index in [1.807, 2.05) is 37.3 Å². The van der Waals surface area contributed by atoms with E-state index in [4.69, 9.17) is 0 Å². The maximum absolute atomic E-state index is 12.3. The van der Waals surface area contributed by atoms with E-state index in [-0.39, 0.29) is 36.1 Å². The molecule has 1 saturated heterocycles. The molecule has 2 aliphatic rings. The summed E-state index contributed by atoms with van der Waals surface area (Å²) in [7, 11) is 0. The number of likely N-dealkylation sites (tertiary alicyclic amines) is 1. The molecule has 22 heavy (non-hydrogen) atoms. The molecule has 2 atom stereocenters. The minimum atomic E-state index is -0.348. The van der Waals surface area contributed by atoms with Crippen molar-refractivity contribution < 1.29 is 14.4 Å². The van der Waals surface area contributed by atoms with Gasteiger partial charge in [-0.3, -0.25) is 19.3 Å². The highest BCUT2D eigenvalue weighted by molar-refractivity contribution is 6.08. The van der Waals surface area contributed by atoms with Crippen molar-refractivity contribution in [3.05, 3.63) is 42.0 Å². The topological polar surface area (TPSA) is 66.5 Å². The van der Waals surface area contributed by atoms with Gasteiger partial charge in [0.05, 0.1) is 11.8 Å². The molecule has 0 spiro atoms. The number of nitrogens with one attached hydrogen (secondary N) is 1. The summed E-state index contributed by atoms with van der Waals surface area (Å²) in [5.74, 6) is -1.37. The number of hydrogen-bond acceptors (Lipinski definition) is 3. The first-order chi connectivity index (χ1) is 10.6. The zero-order valence-electron chi connectivity index (χ0n) is 12.4. The number of carbonyl (C=O) groups excluding carboxylic acids is 3. The van der Waals surface area contributed by atoms with Gasteiger partial charge in [-0.05, 0) is 37.5 Å². The Morgan fingerprint density at radius 1 is 1.18 bits per heavy atom. The lowest BCUT2D eigenvalue weighted by molar-refractivity contribution is -0.142. The second kappa shape index (κ2) is 5.75. The first-order valence-electron chi connectivity index (χ1n) is 7.43. The van der Waals surface area contributed by atoms with E-state index in [1.54, 1.807) is 6.07 Å². The zero-order chi connectivity index (χ0) is 15.7. The molecule has 1 heterocycles. The highest BCUT2D eigenvalue weighted by Gasteiger charge is 2.47. The van der Waals surface area contributed by atoms with Crippen LogP contribution in [0.15, 0.2) is 36.4 Å². The number of rotatable bonds is 3. The smallest absolute Gasteiger partial charge is 0.244 e. The largest absolute Gasteiger partial charge is 0.325 e. The van der Waals surface area contributed by atoms with Gasteiger partial charge in [0.15, 0.2) is 0 Å². The summed E-state index contributed by atoms with van der Waals surface area (Å²) >= 11 is 0. The van der Waals surface area contributed by atoms with Crippen LogP contribution in [0.3, 0.4) is 0 Å². The van der Waals surface area contributed by atoms with Crippen LogP contribution in [0, 0.1) is 18.8 Å². The van der Waals surface area contributed by atoms with Crippen molar-refractivity contribution in [2.24, 2.45) is 11.8 Å². The average Bonchev–Trinajstić information content (AvgIpc) is 2.73. The van der Waals surface area contributed by atoms with E-state index in [2.05, 4.69) is 5.32 Å². The van der Waals surface area contributed by atoms with E-state index in [0.717, 1.165) is 10.5 Å². The molecule has 1 aliphatic heterocycles. The fraction of sp³-hybridized carbons (Fsp3) is 0.353. The molecule has 114 valence electrons. The van der Waals surface area contributed by atoms with Gasteiger partial charge >= 0.3 is 0 Å². The molecule has 1 N–H and O–H groups in total. The molecule has 0 radical (unpaired) electrons. The first kappa shape index (κ1) is 14.5. The highest BCUT2D eigenvalue weighted by Crippen LogP contribution is 2.34. The standard InChI is InChI=1S/C17H18N2O3/c1-11-5-4-6-12(9-11)18-15(20)10-19-16(21)13-7-2-3-8-14(13)17(19)22/h2-6,9,13-14H,7-8,10H2,1H3,(H,18,20)/t13-,14-/m1/s1. The molecule has 1 aromatic carbocycles. The summed E-state index contributed by atoms with van der Waals surface area (Å²) in [6.45, 7) is 1.72. The first-order valence-corrected chi connectivity index (χ1v) is 7.43. The lowest BCUT2D eigenvalue weighted by Gasteiger charge is -2.14. The predicted octanol–water partition coefficient (Wildman–Crippen LogP) is 1.88. The summed E-state index contributed by atoms with van der Waals surface area (Å²) in [5, 5.41) is 2.73. The van der Waals surface area contributed by atoms with Crippen molar-refractivity contribution in [3.63, 3.8) is 0 Å². The molecular formula is C17H18N2O3. The van der Waals surface area contributed by atoms with Crippen molar-refractivity contribution in [3.8, 4) is 0 Å². The molecule has 0 aromatic heterocycles. The number of imide groups is 1. The fourth-order valence-corrected chi connectivity index (χ4v) is 3.09. The lowest BCUT2D eigenvalue weighted by atomic mass is 9.85. The van der Waals surface area contributed by atoms with E-state index in [9.17, 15) is 14.4 Å². The van der Waals surface area contributed by atoms with Crippen molar-refractivity contribution in [2.75, 3.05) is 11.9 Å². The third-order valence-corrected chi connectivity index (χ3v) is 4.20. The number of aryl methyl sites for hydroxylation is 1. The highest BCUT2D eigenvalue weighted by atomic mass is 16.2. The molecule has 3 rings (SSSR count). The second-order valence-electron chi connectivity index (χ2n) is 5.84. The lowest BCUT2D eigenvalue weighted by Crippen LogP contribution is -2.38. The van der Waals surface area contributed by atoms with Crippen LogP contribution in [0.5, 0.6) is 0 Å². The number of fused-ring (bicyclic) bond motifs is 1. The SMILES string of the molecule is Cc1cccc(NC(=O)CN2C(=O)[C@@H]3CC=CC[C@H]3C2=O)c1. The number of anilines is 1. The summed E-state index contributed by atoms with van der Waals surface area (Å²) in [5.41, 5.74) is 1.70. The summed E-state index contributed by atoms with van der Waals surface area (Å²) in [4.78, 5) is 37.8. The number of nitrogens with zero attached hydrogens (tertiary/aromatic N) is 1. The van der Waals surface area contributed by atoms with Crippen LogP contribution in [0.4, 0.5) is 5.69 Å². The van der Waals surface area contributed by atoms with Crippen LogP contribution in [0.25, 0.3) is 0 Å². The third-order valence-electron chi connectivity index (χ3n) is 4.20. The zero-order valence-corrected chi connectivity index (χ0v) is 12.4. The van der Waals surface area contributed by atoms with Gasteiger partial charge in [-0.2, -0.15) is 0 Å². The number of allylic oxidation sites excluding steroid dienone is 2. The van der Waals surface area contributed by atoms with Gasteiger partial charge in [0, 0.05) is 5.69 Å². The van der Waals surface area contributed by atoms with Crippen molar-refractivity contribution in [1.82, 2.24) is 4.90 Å². The fourth-order valence-electron chi connectivity index (χ4n) is 3.09. The Labute approximate surface area is 129 Å². The molecule has 1 aromatic rings. The van der Waals surface area contributed by atoms with Gasteiger partial charge in [-0.25, -0.2) is 0 Å². The Balaban J connectivity index is 1.67. The van der Waals surface area contributed by atoms with Crippen LogP contribution >= 0.6 is 0 Å². The Kier molecular flexibility index (Phi) is 3.79. The number of benzene rings is 1. The van der Waals surface area contributed by atoms with Crippen LogP contribution < -0.4 is 5.32 Å². The Bertz CT molecular complexity index is 640. The van der Waals surface area contributed by atoms with Crippen LogP contribution in [0.2, 0.25) is 0 Å². The second-order valence-corrected chi connectivity index (χ2v) is 5.84. The minimum Gasteiger partial charge on any atom is -0.325 e. The molecule has 1 fully saturated rings. The Morgan fingerprint density at radius 2 is 1.82 bits per heavy atom. The monoisotopic (exact) mass is 298 g/mol.